The van der Waals surface area contributed by atoms with Gasteiger partial charge in [-0.2, -0.15) is 5.10 Å². The molecule has 0 fully saturated rings. The molecule has 2 unspecified atom stereocenters. The normalized spacial score (nSPS) is 19.8. The Morgan fingerprint density at radius 3 is 2.72 bits per heavy atom. The van der Waals surface area contributed by atoms with Crippen molar-refractivity contribution in [2.45, 2.75) is 25.6 Å². The molecule has 0 saturated heterocycles. The van der Waals surface area contributed by atoms with Crippen molar-refractivity contribution >= 4 is 5.71 Å². The smallest absolute Gasteiger partial charge is 0.214 e. The number of fused-ring (bicyclic) bond motifs is 3. The van der Waals surface area contributed by atoms with Crippen LogP contribution in [-0.4, -0.2) is 27.4 Å². The molecule has 146 valence electrons. The van der Waals surface area contributed by atoms with Gasteiger partial charge in [0.25, 0.3) is 0 Å². The summed E-state index contributed by atoms with van der Waals surface area (Å²) < 4.78 is 12.3. The molecule has 0 aliphatic carbocycles. The Morgan fingerprint density at radius 1 is 1.10 bits per heavy atom. The topological polar surface area (TPSA) is 67.2 Å². The number of aromatic nitrogens is 1. The van der Waals surface area contributed by atoms with Crippen LogP contribution in [0.4, 0.5) is 0 Å². The number of benzene rings is 2. The largest absolute Gasteiger partial charge is 0.507 e. The molecular formula is C23H21N3O3. The van der Waals surface area contributed by atoms with Crippen molar-refractivity contribution in [3.8, 4) is 17.2 Å². The minimum absolute atomic E-state index is 0.00747. The van der Waals surface area contributed by atoms with Crippen LogP contribution in [-0.2, 0) is 0 Å². The van der Waals surface area contributed by atoms with Crippen molar-refractivity contribution in [2.75, 3.05) is 6.61 Å². The summed E-state index contributed by atoms with van der Waals surface area (Å²) in [5, 5.41) is 17.2. The van der Waals surface area contributed by atoms with E-state index in [-0.39, 0.29) is 11.8 Å². The van der Waals surface area contributed by atoms with E-state index in [1.54, 1.807) is 18.5 Å². The van der Waals surface area contributed by atoms with Gasteiger partial charge in [0.1, 0.15) is 5.75 Å². The number of hydrogen-bond acceptors (Lipinski definition) is 6. The molecule has 5 rings (SSSR count). The second kappa shape index (κ2) is 7.13. The van der Waals surface area contributed by atoms with E-state index in [4.69, 9.17) is 14.6 Å². The molecule has 6 heteroatoms. The Kier molecular flexibility index (Phi) is 4.31. The fourth-order valence-corrected chi connectivity index (χ4v) is 3.98. The monoisotopic (exact) mass is 387 g/mol. The van der Waals surface area contributed by atoms with E-state index in [0.29, 0.717) is 13.0 Å². The molecule has 1 N–H and O–H groups in total. The molecule has 0 bridgehead atoms. The number of para-hydroxylation sites is 2. The van der Waals surface area contributed by atoms with Crippen LogP contribution < -0.4 is 9.47 Å². The van der Waals surface area contributed by atoms with Crippen LogP contribution in [0.15, 0.2) is 72.1 Å². The lowest BCUT2D eigenvalue weighted by Crippen LogP contribution is -2.33. The van der Waals surface area contributed by atoms with E-state index in [1.807, 2.05) is 54.4 Å². The van der Waals surface area contributed by atoms with Crippen LogP contribution in [0.3, 0.4) is 0 Å². The molecule has 0 saturated carbocycles. The molecule has 0 spiro atoms. The predicted molar refractivity (Wildman–Crippen MR) is 109 cm³/mol. The molecular weight excluding hydrogens is 366 g/mol. The summed E-state index contributed by atoms with van der Waals surface area (Å²) in [5.41, 5.74) is 3.59. The molecule has 0 amide bonds. The quantitative estimate of drug-likeness (QED) is 0.717. The van der Waals surface area contributed by atoms with Gasteiger partial charge in [-0.3, -0.25) is 4.98 Å². The Bertz CT molecular complexity index is 1070. The van der Waals surface area contributed by atoms with E-state index in [9.17, 15) is 5.11 Å². The number of rotatable bonds is 4. The summed E-state index contributed by atoms with van der Waals surface area (Å²) in [5.74, 6) is 1.72. The second-order valence-corrected chi connectivity index (χ2v) is 7.02. The molecule has 1 aromatic heterocycles. The highest BCUT2D eigenvalue weighted by atomic mass is 16.5. The molecule has 3 aromatic rings. The van der Waals surface area contributed by atoms with Gasteiger partial charge in [-0.05, 0) is 37.3 Å². The van der Waals surface area contributed by atoms with Crippen LogP contribution in [0.25, 0.3) is 0 Å². The van der Waals surface area contributed by atoms with Crippen LogP contribution in [0.1, 0.15) is 42.3 Å². The maximum atomic E-state index is 10.3. The van der Waals surface area contributed by atoms with Gasteiger partial charge in [0, 0.05) is 35.5 Å². The van der Waals surface area contributed by atoms with Gasteiger partial charge < -0.3 is 14.6 Å². The SMILES string of the molecule is CCOc1cccc2c1OC(c1ccncc1)N1N=C(c3ccccc3O)CC21. The van der Waals surface area contributed by atoms with Gasteiger partial charge in [-0.25, -0.2) is 5.01 Å². The number of phenols is 1. The highest BCUT2D eigenvalue weighted by Gasteiger charge is 2.42. The fourth-order valence-electron chi connectivity index (χ4n) is 3.98. The summed E-state index contributed by atoms with van der Waals surface area (Å²) in [4.78, 5) is 4.12. The maximum Gasteiger partial charge on any atom is 0.214 e. The highest BCUT2D eigenvalue weighted by Crippen LogP contribution is 2.50. The van der Waals surface area contributed by atoms with Crippen molar-refractivity contribution < 1.29 is 14.6 Å². The summed E-state index contributed by atoms with van der Waals surface area (Å²) in [7, 11) is 0. The van der Waals surface area contributed by atoms with E-state index < -0.39 is 6.23 Å². The molecule has 3 heterocycles. The van der Waals surface area contributed by atoms with Crippen molar-refractivity contribution in [1.82, 2.24) is 9.99 Å². The number of hydrazone groups is 1. The Labute approximate surface area is 169 Å². The second-order valence-electron chi connectivity index (χ2n) is 7.02. The van der Waals surface area contributed by atoms with Gasteiger partial charge >= 0.3 is 0 Å². The predicted octanol–water partition coefficient (Wildman–Crippen LogP) is 4.43. The summed E-state index contributed by atoms with van der Waals surface area (Å²) in [6.07, 6.45) is 3.77. The van der Waals surface area contributed by atoms with Crippen LogP contribution in [0, 0.1) is 0 Å². The first-order valence-corrected chi connectivity index (χ1v) is 9.72. The average molecular weight is 387 g/mol. The third kappa shape index (κ3) is 2.97. The lowest BCUT2D eigenvalue weighted by Gasteiger charge is -2.38. The van der Waals surface area contributed by atoms with E-state index in [2.05, 4.69) is 11.1 Å². The van der Waals surface area contributed by atoms with Crippen LogP contribution >= 0.6 is 0 Å². The standard InChI is InChI=1S/C23H21N3O3/c1-2-28-21-9-5-7-17-19-14-18(16-6-3-4-8-20(16)27)25-26(19)23(29-22(17)21)15-10-12-24-13-11-15/h3-13,19,23,27H,2,14H2,1H3. The minimum Gasteiger partial charge on any atom is -0.507 e. The van der Waals surface area contributed by atoms with Gasteiger partial charge in [0.2, 0.25) is 6.23 Å². The first kappa shape index (κ1) is 17.6. The zero-order valence-corrected chi connectivity index (χ0v) is 16.0. The van der Waals surface area contributed by atoms with Gasteiger partial charge in [0.05, 0.1) is 18.4 Å². The van der Waals surface area contributed by atoms with Crippen molar-refractivity contribution in [1.29, 1.82) is 0 Å². The Balaban J connectivity index is 1.63. The molecule has 29 heavy (non-hydrogen) atoms. The number of ether oxygens (including phenoxy) is 2. The van der Waals surface area contributed by atoms with Crippen LogP contribution in [0.2, 0.25) is 0 Å². The van der Waals surface area contributed by atoms with Crippen LogP contribution in [0.5, 0.6) is 17.2 Å². The zero-order chi connectivity index (χ0) is 19.8. The van der Waals surface area contributed by atoms with Crippen molar-refractivity contribution in [3.63, 3.8) is 0 Å². The molecule has 6 nitrogen and oxygen atoms in total. The minimum atomic E-state index is -0.402. The summed E-state index contributed by atoms with van der Waals surface area (Å²) in [6, 6.07) is 17.1. The molecule has 2 aromatic carbocycles. The number of pyridine rings is 1. The van der Waals surface area contributed by atoms with Crippen molar-refractivity contribution in [2.24, 2.45) is 5.10 Å². The van der Waals surface area contributed by atoms with Crippen molar-refractivity contribution in [3.05, 3.63) is 83.7 Å². The third-order valence-corrected chi connectivity index (χ3v) is 5.29. The van der Waals surface area contributed by atoms with E-state index in [0.717, 1.165) is 33.9 Å². The Morgan fingerprint density at radius 2 is 1.93 bits per heavy atom. The van der Waals surface area contributed by atoms with Gasteiger partial charge in [0.15, 0.2) is 11.5 Å². The maximum absolute atomic E-state index is 10.3. The third-order valence-electron chi connectivity index (χ3n) is 5.29. The first-order chi connectivity index (χ1) is 14.3. The summed E-state index contributed by atoms with van der Waals surface area (Å²) in [6.45, 7) is 2.53. The lowest BCUT2D eigenvalue weighted by molar-refractivity contribution is -0.0212. The summed E-state index contributed by atoms with van der Waals surface area (Å²) >= 11 is 0. The van der Waals surface area contributed by atoms with E-state index in [1.165, 1.54) is 0 Å². The highest BCUT2D eigenvalue weighted by molar-refractivity contribution is 6.04. The molecule has 2 atom stereocenters. The Hall–Kier alpha value is -3.54. The van der Waals surface area contributed by atoms with Gasteiger partial charge in [-0.1, -0.05) is 24.3 Å². The number of nitrogens with zero attached hydrogens (tertiary/aromatic N) is 3. The van der Waals surface area contributed by atoms with E-state index >= 15 is 0 Å². The number of hydrogen-bond donors (Lipinski definition) is 1. The average Bonchev–Trinajstić information content (AvgIpc) is 3.20. The molecule has 2 aliphatic heterocycles. The first-order valence-electron chi connectivity index (χ1n) is 9.72. The van der Waals surface area contributed by atoms with Gasteiger partial charge in [-0.15, -0.1) is 0 Å². The molecule has 2 aliphatic rings. The number of aromatic hydroxyl groups is 1. The lowest BCUT2D eigenvalue weighted by atomic mass is 9.95. The fraction of sp³-hybridized carbons (Fsp3) is 0.217. The molecule has 0 radical (unpaired) electrons. The number of phenolic OH excluding ortho intramolecular Hbond substituents is 1. The zero-order valence-electron chi connectivity index (χ0n) is 16.0.